The van der Waals surface area contributed by atoms with Crippen LogP contribution in [-0.2, 0) is 0 Å². The van der Waals surface area contributed by atoms with E-state index < -0.39 is 12.0 Å². The van der Waals surface area contributed by atoms with Crippen molar-refractivity contribution in [2.45, 2.75) is 26.4 Å². The molecule has 0 aliphatic carbocycles. The lowest BCUT2D eigenvalue weighted by molar-refractivity contribution is 0.0923. The van der Waals surface area contributed by atoms with E-state index in [1.54, 1.807) is 5.38 Å². The highest BCUT2D eigenvalue weighted by Crippen LogP contribution is 2.14. The van der Waals surface area contributed by atoms with Gasteiger partial charge in [-0.2, -0.15) is 0 Å². The average molecular weight is 270 g/mol. The lowest BCUT2D eigenvalue weighted by Crippen LogP contribution is -2.28. The Morgan fingerprint density at radius 3 is 2.67 bits per heavy atom. The molecule has 0 bridgehead atoms. The van der Waals surface area contributed by atoms with Gasteiger partial charge < -0.3 is 16.2 Å². The zero-order chi connectivity index (χ0) is 13.7. The van der Waals surface area contributed by atoms with Gasteiger partial charge in [0, 0.05) is 11.9 Å². The number of aliphatic hydroxyl groups excluding tert-OH is 1. The van der Waals surface area contributed by atoms with Crippen LogP contribution in [0.1, 0.15) is 40.3 Å². The second-order valence-corrected chi connectivity index (χ2v) is 5.33. The number of hydrogen-bond acceptors (Lipinski definition) is 4. The SMILES string of the molecule is CC(C)C(O)CCNC(=O)c1cc(C(N)=O)cs1. The normalized spacial score (nSPS) is 12.4. The van der Waals surface area contributed by atoms with E-state index in [1.165, 1.54) is 17.4 Å². The average Bonchev–Trinajstić information content (AvgIpc) is 2.77. The Morgan fingerprint density at radius 2 is 2.17 bits per heavy atom. The first kappa shape index (κ1) is 14.7. The number of thiophene rings is 1. The molecule has 1 atom stereocenters. The van der Waals surface area contributed by atoms with Crippen molar-refractivity contribution >= 4 is 23.2 Å². The molecule has 100 valence electrons. The fourth-order valence-electron chi connectivity index (χ4n) is 1.34. The molecule has 0 aliphatic heterocycles. The molecule has 0 aromatic carbocycles. The summed E-state index contributed by atoms with van der Waals surface area (Å²) in [5, 5.41) is 13.8. The van der Waals surface area contributed by atoms with Crippen LogP contribution in [0.5, 0.6) is 0 Å². The van der Waals surface area contributed by atoms with Gasteiger partial charge in [0.15, 0.2) is 0 Å². The molecule has 1 aromatic rings. The van der Waals surface area contributed by atoms with Crippen molar-refractivity contribution in [3.8, 4) is 0 Å². The number of nitrogens with two attached hydrogens (primary N) is 1. The number of hydrogen-bond donors (Lipinski definition) is 3. The molecule has 1 unspecified atom stereocenters. The third kappa shape index (κ3) is 4.12. The lowest BCUT2D eigenvalue weighted by Gasteiger charge is -2.14. The molecule has 6 heteroatoms. The van der Waals surface area contributed by atoms with Crippen molar-refractivity contribution in [3.63, 3.8) is 0 Å². The van der Waals surface area contributed by atoms with E-state index in [1.807, 2.05) is 13.8 Å². The molecule has 4 N–H and O–H groups in total. The molecule has 1 aromatic heterocycles. The van der Waals surface area contributed by atoms with Crippen molar-refractivity contribution in [2.24, 2.45) is 11.7 Å². The van der Waals surface area contributed by atoms with Crippen LogP contribution in [0.25, 0.3) is 0 Å². The molecule has 0 aliphatic rings. The number of primary amides is 1. The van der Waals surface area contributed by atoms with Gasteiger partial charge in [0.05, 0.1) is 16.5 Å². The van der Waals surface area contributed by atoms with Gasteiger partial charge in [-0.3, -0.25) is 9.59 Å². The molecule has 0 saturated heterocycles. The van der Waals surface area contributed by atoms with Gasteiger partial charge in [0.1, 0.15) is 0 Å². The number of carbonyl (C=O) groups is 2. The van der Waals surface area contributed by atoms with E-state index in [2.05, 4.69) is 5.32 Å². The quantitative estimate of drug-likeness (QED) is 0.719. The maximum atomic E-state index is 11.7. The number of aliphatic hydroxyl groups is 1. The zero-order valence-corrected chi connectivity index (χ0v) is 11.3. The van der Waals surface area contributed by atoms with Crippen LogP contribution in [0.4, 0.5) is 0 Å². The van der Waals surface area contributed by atoms with Crippen LogP contribution < -0.4 is 11.1 Å². The maximum Gasteiger partial charge on any atom is 0.261 e. The van der Waals surface area contributed by atoms with Crippen LogP contribution >= 0.6 is 11.3 Å². The Labute approximate surface area is 110 Å². The molecular formula is C12H18N2O3S. The van der Waals surface area contributed by atoms with E-state index >= 15 is 0 Å². The van der Waals surface area contributed by atoms with Gasteiger partial charge in [-0.25, -0.2) is 0 Å². The minimum Gasteiger partial charge on any atom is -0.393 e. The topological polar surface area (TPSA) is 92.4 Å². The summed E-state index contributed by atoms with van der Waals surface area (Å²) >= 11 is 1.18. The Morgan fingerprint density at radius 1 is 1.50 bits per heavy atom. The van der Waals surface area contributed by atoms with Crippen molar-refractivity contribution in [3.05, 3.63) is 21.9 Å². The fourth-order valence-corrected chi connectivity index (χ4v) is 2.15. The Kier molecular flexibility index (Phi) is 5.30. The predicted molar refractivity (Wildman–Crippen MR) is 70.6 cm³/mol. The second-order valence-electron chi connectivity index (χ2n) is 4.42. The van der Waals surface area contributed by atoms with E-state index in [-0.39, 0.29) is 11.8 Å². The maximum absolute atomic E-state index is 11.7. The summed E-state index contributed by atoms with van der Waals surface area (Å²) in [7, 11) is 0. The van der Waals surface area contributed by atoms with Crippen molar-refractivity contribution < 1.29 is 14.7 Å². The van der Waals surface area contributed by atoms with Crippen LogP contribution in [0.15, 0.2) is 11.4 Å². The summed E-state index contributed by atoms with van der Waals surface area (Å²) < 4.78 is 0. The van der Waals surface area contributed by atoms with Crippen LogP contribution in [0.2, 0.25) is 0 Å². The summed E-state index contributed by atoms with van der Waals surface area (Å²) in [6.07, 6.45) is 0.0899. The van der Waals surface area contributed by atoms with E-state index in [4.69, 9.17) is 5.73 Å². The number of carbonyl (C=O) groups excluding carboxylic acids is 2. The molecule has 0 spiro atoms. The molecule has 1 heterocycles. The summed E-state index contributed by atoms with van der Waals surface area (Å²) in [6.45, 7) is 4.25. The molecule has 18 heavy (non-hydrogen) atoms. The van der Waals surface area contributed by atoms with Gasteiger partial charge in [-0.05, 0) is 18.4 Å². The van der Waals surface area contributed by atoms with Crippen molar-refractivity contribution in [1.82, 2.24) is 5.32 Å². The van der Waals surface area contributed by atoms with Gasteiger partial charge in [0.25, 0.3) is 5.91 Å². The molecular weight excluding hydrogens is 252 g/mol. The minimum absolute atomic E-state index is 0.171. The minimum atomic E-state index is -0.541. The van der Waals surface area contributed by atoms with E-state index in [9.17, 15) is 14.7 Å². The molecule has 0 saturated carbocycles. The van der Waals surface area contributed by atoms with Gasteiger partial charge >= 0.3 is 0 Å². The summed E-state index contributed by atoms with van der Waals surface area (Å²) in [6, 6.07) is 1.47. The molecule has 1 rings (SSSR count). The summed E-state index contributed by atoms with van der Waals surface area (Å²) in [4.78, 5) is 23.0. The Hall–Kier alpha value is -1.40. The standard InChI is InChI=1S/C12H18N2O3S/c1-7(2)9(15)3-4-14-12(17)10-5-8(6-18-10)11(13)16/h5-7,9,15H,3-4H2,1-2H3,(H2,13,16)(H,14,17). The largest absolute Gasteiger partial charge is 0.393 e. The van der Waals surface area contributed by atoms with E-state index in [0.29, 0.717) is 23.4 Å². The smallest absolute Gasteiger partial charge is 0.261 e. The highest BCUT2D eigenvalue weighted by atomic mass is 32.1. The lowest BCUT2D eigenvalue weighted by atomic mass is 10.0. The summed E-state index contributed by atoms with van der Waals surface area (Å²) in [5.74, 6) is -0.617. The third-order valence-electron chi connectivity index (χ3n) is 2.60. The molecule has 0 radical (unpaired) electrons. The van der Waals surface area contributed by atoms with E-state index in [0.717, 1.165) is 0 Å². The second kappa shape index (κ2) is 6.51. The molecule has 5 nitrogen and oxygen atoms in total. The number of nitrogens with one attached hydrogen (secondary N) is 1. The predicted octanol–water partition coefficient (Wildman–Crippen LogP) is 0.984. The van der Waals surface area contributed by atoms with Crippen LogP contribution in [0, 0.1) is 5.92 Å². The van der Waals surface area contributed by atoms with Gasteiger partial charge in [0.2, 0.25) is 5.91 Å². The number of amides is 2. The first-order valence-electron chi connectivity index (χ1n) is 5.76. The Bertz CT molecular complexity index is 429. The first-order chi connectivity index (χ1) is 8.41. The summed E-state index contributed by atoms with van der Waals surface area (Å²) in [5.41, 5.74) is 5.44. The molecule has 0 fully saturated rings. The monoisotopic (exact) mass is 270 g/mol. The third-order valence-corrected chi connectivity index (χ3v) is 3.53. The highest BCUT2D eigenvalue weighted by Gasteiger charge is 2.13. The highest BCUT2D eigenvalue weighted by molar-refractivity contribution is 7.12. The fraction of sp³-hybridized carbons (Fsp3) is 0.500. The zero-order valence-electron chi connectivity index (χ0n) is 10.5. The van der Waals surface area contributed by atoms with Crippen molar-refractivity contribution in [1.29, 1.82) is 0 Å². The molecule has 2 amide bonds. The van der Waals surface area contributed by atoms with Crippen LogP contribution in [-0.4, -0.2) is 29.6 Å². The van der Waals surface area contributed by atoms with Gasteiger partial charge in [-0.1, -0.05) is 13.8 Å². The van der Waals surface area contributed by atoms with Gasteiger partial charge in [-0.15, -0.1) is 11.3 Å². The van der Waals surface area contributed by atoms with Crippen molar-refractivity contribution in [2.75, 3.05) is 6.54 Å². The number of rotatable bonds is 6. The first-order valence-corrected chi connectivity index (χ1v) is 6.64. The Balaban J connectivity index is 2.43. The van der Waals surface area contributed by atoms with Crippen LogP contribution in [0.3, 0.4) is 0 Å².